The number of hydrogen-bond donors (Lipinski definition) is 1. The van der Waals surface area contributed by atoms with E-state index < -0.39 is 24.3 Å². The van der Waals surface area contributed by atoms with Gasteiger partial charge in [-0.05, 0) is 12.1 Å². The highest BCUT2D eigenvalue weighted by molar-refractivity contribution is 5.91. The third-order valence-electron chi connectivity index (χ3n) is 1.51. The van der Waals surface area contributed by atoms with Crippen LogP contribution < -0.4 is 5.32 Å². The van der Waals surface area contributed by atoms with Crippen LogP contribution in [0.25, 0.3) is 0 Å². The summed E-state index contributed by atoms with van der Waals surface area (Å²) < 4.78 is 48.2. The van der Waals surface area contributed by atoms with Crippen molar-refractivity contribution in [1.29, 1.82) is 0 Å². The van der Waals surface area contributed by atoms with Gasteiger partial charge in [-0.3, -0.25) is 4.79 Å². The lowest BCUT2D eigenvalue weighted by Gasteiger charge is -2.07. The Morgan fingerprint density at radius 1 is 1.27 bits per heavy atom. The van der Waals surface area contributed by atoms with E-state index in [0.717, 1.165) is 6.07 Å². The molecule has 0 saturated carbocycles. The van der Waals surface area contributed by atoms with Crippen LogP contribution >= 0.6 is 0 Å². The van der Waals surface area contributed by atoms with E-state index in [0.29, 0.717) is 0 Å². The monoisotopic (exact) mass is 221 g/mol. The van der Waals surface area contributed by atoms with E-state index in [-0.39, 0.29) is 5.69 Å². The molecule has 0 heterocycles. The van der Waals surface area contributed by atoms with E-state index in [1.54, 1.807) is 0 Å². The summed E-state index contributed by atoms with van der Waals surface area (Å²) in [5.74, 6) is -2.05. The Balaban J connectivity index is 2.64. The number of benzene rings is 1. The lowest BCUT2D eigenvalue weighted by molar-refractivity contribution is -0.150. The smallest absolute Gasteiger partial charge is 0.323 e. The second kappa shape index (κ2) is 4.29. The van der Waals surface area contributed by atoms with Crippen molar-refractivity contribution in [3.05, 3.63) is 30.1 Å². The third-order valence-corrected chi connectivity index (χ3v) is 1.51. The number of halogens is 4. The second-order valence-corrected chi connectivity index (χ2v) is 2.82. The summed E-state index contributed by atoms with van der Waals surface area (Å²) in [5, 5.41) is 1.83. The van der Waals surface area contributed by atoms with E-state index in [1.165, 1.54) is 18.2 Å². The summed E-state index contributed by atoms with van der Waals surface area (Å²) in [4.78, 5) is 10.8. The number of nitrogens with one attached hydrogen (secondary N) is 1. The number of carbonyl (C=O) groups is 1. The summed E-state index contributed by atoms with van der Waals surface area (Å²) in [6.45, 7) is 0. The number of amides is 1. The molecule has 1 aromatic rings. The summed E-state index contributed by atoms with van der Waals surface area (Å²) in [5.41, 5.74) is -0.258. The van der Waals surface area contributed by atoms with Gasteiger partial charge in [-0.2, -0.15) is 13.2 Å². The van der Waals surface area contributed by atoms with E-state index in [1.807, 2.05) is 5.32 Å². The van der Waals surface area contributed by atoms with Crippen LogP contribution in [0, 0.1) is 5.82 Å². The molecule has 1 amide bonds. The van der Waals surface area contributed by atoms with Gasteiger partial charge in [-0.15, -0.1) is 0 Å². The Morgan fingerprint density at radius 2 is 1.87 bits per heavy atom. The first-order valence-corrected chi connectivity index (χ1v) is 3.99. The van der Waals surface area contributed by atoms with Crippen LogP contribution in [-0.4, -0.2) is 12.1 Å². The summed E-state index contributed by atoms with van der Waals surface area (Å²) in [6.07, 6.45) is -6.21. The summed E-state index contributed by atoms with van der Waals surface area (Å²) >= 11 is 0. The Morgan fingerprint density at radius 3 is 2.40 bits per heavy atom. The molecule has 0 atom stereocenters. The van der Waals surface area contributed by atoms with Crippen molar-refractivity contribution in [1.82, 2.24) is 0 Å². The molecule has 15 heavy (non-hydrogen) atoms. The molecule has 0 unspecified atom stereocenters. The molecule has 0 aliphatic rings. The zero-order valence-corrected chi connectivity index (χ0v) is 7.44. The minimum Gasteiger partial charge on any atom is -0.323 e. The van der Waals surface area contributed by atoms with Gasteiger partial charge in [0, 0.05) is 0 Å². The average molecular weight is 221 g/mol. The van der Waals surface area contributed by atoms with Gasteiger partial charge in [0.15, 0.2) is 0 Å². The van der Waals surface area contributed by atoms with Gasteiger partial charge < -0.3 is 5.32 Å². The first-order valence-electron chi connectivity index (χ1n) is 3.99. The molecule has 0 saturated heterocycles. The van der Waals surface area contributed by atoms with Crippen LogP contribution in [0.5, 0.6) is 0 Å². The second-order valence-electron chi connectivity index (χ2n) is 2.82. The third kappa shape index (κ3) is 3.97. The lowest BCUT2D eigenvalue weighted by Crippen LogP contribution is -2.21. The number of hydrogen-bond acceptors (Lipinski definition) is 1. The molecule has 1 rings (SSSR count). The van der Waals surface area contributed by atoms with E-state index in [2.05, 4.69) is 0 Å². The van der Waals surface area contributed by atoms with Crippen molar-refractivity contribution >= 4 is 11.6 Å². The number of rotatable bonds is 2. The van der Waals surface area contributed by atoms with Gasteiger partial charge in [-0.1, -0.05) is 12.1 Å². The SMILES string of the molecule is O=C(CC(F)(F)F)Nc1ccccc1F. The quantitative estimate of drug-likeness (QED) is 0.764. The maximum absolute atomic E-state index is 12.9. The van der Waals surface area contributed by atoms with Crippen LogP contribution in [0.2, 0.25) is 0 Å². The molecule has 0 aliphatic heterocycles. The predicted octanol–water partition coefficient (Wildman–Crippen LogP) is 2.72. The minimum absolute atomic E-state index is 0.258. The number of carbonyl (C=O) groups excluding carboxylic acids is 1. The van der Waals surface area contributed by atoms with Crippen molar-refractivity contribution in [2.45, 2.75) is 12.6 Å². The fourth-order valence-corrected chi connectivity index (χ4v) is 0.939. The van der Waals surface area contributed by atoms with Crippen molar-refractivity contribution in [3.63, 3.8) is 0 Å². The van der Waals surface area contributed by atoms with Crippen molar-refractivity contribution in [2.75, 3.05) is 5.32 Å². The molecule has 2 nitrogen and oxygen atoms in total. The molecule has 0 aliphatic carbocycles. The molecular formula is C9H7F4NO. The molecule has 0 spiro atoms. The largest absolute Gasteiger partial charge is 0.397 e. The molecule has 0 fully saturated rings. The zero-order valence-electron chi connectivity index (χ0n) is 7.44. The highest BCUT2D eigenvalue weighted by Crippen LogP contribution is 2.21. The van der Waals surface area contributed by atoms with Gasteiger partial charge in [0.2, 0.25) is 5.91 Å². The van der Waals surface area contributed by atoms with Gasteiger partial charge in [0.1, 0.15) is 12.2 Å². The first kappa shape index (κ1) is 11.5. The number of para-hydroxylation sites is 1. The fourth-order valence-electron chi connectivity index (χ4n) is 0.939. The standard InChI is InChI=1S/C9H7F4NO/c10-6-3-1-2-4-7(6)14-8(15)5-9(11,12)13/h1-4H,5H2,(H,14,15). The van der Waals surface area contributed by atoms with Crippen LogP contribution in [0.1, 0.15) is 6.42 Å². The van der Waals surface area contributed by atoms with Crippen LogP contribution in [0.3, 0.4) is 0 Å². The van der Waals surface area contributed by atoms with Gasteiger partial charge in [-0.25, -0.2) is 4.39 Å². The normalized spacial score (nSPS) is 11.2. The van der Waals surface area contributed by atoms with Gasteiger partial charge in [0.05, 0.1) is 5.69 Å². The van der Waals surface area contributed by atoms with Gasteiger partial charge in [0.25, 0.3) is 0 Å². The number of anilines is 1. The Labute approximate surface area is 82.9 Å². The van der Waals surface area contributed by atoms with E-state index >= 15 is 0 Å². The minimum atomic E-state index is -4.59. The molecule has 82 valence electrons. The molecule has 6 heteroatoms. The maximum Gasteiger partial charge on any atom is 0.397 e. The molecule has 1 N–H and O–H groups in total. The summed E-state index contributed by atoms with van der Waals surface area (Å²) in [7, 11) is 0. The van der Waals surface area contributed by atoms with E-state index in [9.17, 15) is 22.4 Å². The Hall–Kier alpha value is -1.59. The zero-order chi connectivity index (χ0) is 11.5. The molecule has 1 aromatic carbocycles. The molecule has 0 aromatic heterocycles. The Kier molecular flexibility index (Phi) is 3.28. The molecular weight excluding hydrogens is 214 g/mol. The van der Waals surface area contributed by atoms with Crippen LogP contribution in [-0.2, 0) is 4.79 Å². The van der Waals surface area contributed by atoms with Crippen molar-refractivity contribution < 1.29 is 22.4 Å². The highest BCUT2D eigenvalue weighted by atomic mass is 19.4. The fraction of sp³-hybridized carbons (Fsp3) is 0.222. The Bertz CT molecular complexity index is 361. The molecule has 0 bridgehead atoms. The maximum atomic E-state index is 12.9. The molecule has 0 radical (unpaired) electrons. The van der Waals surface area contributed by atoms with E-state index in [4.69, 9.17) is 0 Å². The van der Waals surface area contributed by atoms with Crippen molar-refractivity contribution in [2.24, 2.45) is 0 Å². The van der Waals surface area contributed by atoms with Crippen LogP contribution in [0.15, 0.2) is 24.3 Å². The van der Waals surface area contributed by atoms with Gasteiger partial charge >= 0.3 is 6.18 Å². The summed E-state index contributed by atoms with van der Waals surface area (Å²) in [6, 6.07) is 5.01. The average Bonchev–Trinajstić information content (AvgIpc) is 2.05. The first-order chi connectivity index (χ1) is 6.88. The highest BCUT2D eigenvalue weighted by Gasteiger charge is 2.31. The number of alkyl halides is 3. The predicted molar refractivity (Wildman–Crippen MR) is 45.7 cm³/mol. The van der Waals surface area contributed by atoms with Crippen LogP contribution in [0.4, 0.5) is 23.2 Å². The lowest BCUT2D eigenvalue weighted by atomic mass is 10.3. The van der Waals surface area contributed by atoms with Crippen molar-refractivity contribution in [3.8, 4) is 0 Å². The topological polar surface area (TPSA) is 29.1 Å².